The van der Waals surface area contributed by atoms with E-state index in [1.807, 2.05) is 6.92 Å². The third-order valence-corrected chi connectivity index (χ3v) is 3.48. The van der Waals surface area contributed by atoms with Crippen molar-refractivity contribution in [3.05, 3.63) is 28.8 Å². The Morgan fingerprint density at radius 2 is 2.19 bits per heavy atom. The Kier molecular flexibility index (Phi) is 4.80. The van der Waals surface area contributed by atoms with Crippen molar-refractivity contribution in [3.63, 3.8) is 0 Å². The molecule has 112 valence electrons. The molecule has 0 radical (unpaired) electrons. The van der Waals surface area contributed by atoms with Crippen LogP contribution in [0.5, 0.6) is 0 Å². The van der Waals surface area contributed by atoms with Crippen LogP contribution in [0.25, 0.3) is 0 Å². The number of hydrogen-bond donors (Lipinski definition) is 3. The minimum absolute atomic E-state index is 0.125. The predicted octanol–water partition coefficient (Wildman–Crippen LogP) is 1.16. The minimum Gasteiger partial charge on any atom is -0.355 e. The zero-order chi connectivity index (χ0) is 15.4. The van der Waals surface area contributed by atoms with Crippen LogP contribution in [0.3, 0.4) is 0 Å². The van der Waals surface area contributed by atoms with Gasteiger partial charge in [0.25, 0.3) is 5.91 Å². The van der Waals surface area contributed by atoms with Gasteiger partial charge in [-0.15, -0.1) is 0 Å². The van der Waals surface area contributed by atoms with Crippen LogP contribution in [0, 0.1) is 5.92 Å². The molecule has 7 heteroatoms. The third-order valence-electron chi connectivity index (χ3n) is 3.17. The fraction of sp³-hybridized carbons (Fsp3) is 0.357. The Labute approximate surface area is 127 Å². The Bertz CT molecular complexity index is 589. The van der Waals surface area contributed by atoms with Crippen molar-refractivity contribution in [2.45, 2.75) is 13.3 Å². The summed E-state index contributed by atoms with van der Waals surface area (Å²) >= 11 is 6.05. The van der Waals surface area contributed by atoms with Crippen LogP contribution in [-0.4, -0.2) is 30.8 Å². The smallest absolute Gasteiger partial charge is 0.252 e. The summed E-state index contributed by atoms with van der Waals surface area (Å²) in [4.78, 5) is 34.8. The van der Waals surface area contributed by atoms with Crippen molar-refractivity contribution in [2.24, 2.45) is 5.92 Å². The number of halogens is 1. The summed E-state index contributed by atoms with van der Waals surface area (Å²) in [5.41, 5.74) is 0.853. The summed E-state index contributed by atoms with van der Waals surface area (Å²) in [6.07, 6.45) is 0.191. The van der Waals surface area contributed by atoms with Crippen molar-refractivity contribution in [2.75, 3.05) is 18.4 Å². The summed E-state index contributed by atoms with van der Waals surface area (Å²) in [6, 6.07) is 4.69. The average Bonchev–Trinajstić information content (AvgIpc) is 2.86. The fourth-order valence-electron chi connectivity index (χ4n) is 2.07. The number of anilines is 1. The van der Waals surface area contributed by atoms with Gasteiger partial charge in [0.1, 0.15) is 0 Å². The van der Waals surface area contributed by atoms with E-state index in [1.165, 1.54) is 6.07 Å². The summed E-state index contributed by atoms with van der Waals surface area (Å²) in [7, 11) is 0. The maximum Gasteiger partial charge on any atom is 0.252 e. The number of hydrogen-bond acceptors (Lipinski definition) is 3. The minimum atomic E-state index is -0.376. The van der Waals surface area contributed by atoms with Crippen molar-refractivity contribution in [3.8, 4) is 0 Å². The molecule has 0 saturated carbocycles. The molecule has 1 atom stereocenters. The first-order valence-corrected chi connectivity index (χ1v) is 7.04. The molecule has 1 heterocycles. The van der Waals surface area contributed by atoms with Crippen LogP contribution < -0.4 is 16.0 Å². The molecule has 0 bridgehead atoms. The van der Waals surface area contributed by atoms with E-state index in [-0.39, 0.29) is 35.1 Å². The van der Waals surface area contributed by atoms with E-state index in [1.54, 1.807) is 12.1 Å². The van der Waals surface area contributed by atoms with Gasteiger partial charge in [-0.2, -0.15) is 0 Å². The van der Waals surface area contributed by atoms with E-state index in [0.29, 0.717) is 24.3 Å². The van der Waals surface area contributed by atoms with Gasteiger partial charge < -0.3 is 16.0 Å². The van der Waals surface area contributed by atoms with Gasteiger partial charge in [-0.25, -0.2) is 0 Å². The number of carbonyl (C=O) groups is 3. The number of rotatable bonds is 4. The van der Waals surface area contributed by atoms with Crippen LogP contribution in [0.4, 0.5) is 5.69 Å². The van der Waals surface area contributed by atoms with E-state index in [9.17, 15) is 14.4 Å². The second kappa shape index (κ2) is 6.58. The fourth-order valence-corrected chi connectivity index (χ4v) is 2.33. The van der Waals surface area contributed by atoms with Gasteiger partial charge >= 0.3 is 0 Å². The van der Waals surface area contributed by atoms with Crippen LogP contribution in [0.2, 0.25) is 5.02 Å². The quantitative estimate of drug-likeness (QED) is 0.780. The molecule has 0 aromatic heterocycles. The molecule has 0 aliphatic carbocycles. The molecule has 1 aromatic carbocycles. The standard InChI is InChI=1S/C14H16ClN3O3/c1-2-16-14(21)10-4-3-9(6-11(10)15)18-13(20)8-5-12(19)17-7-8/h3-4,6,8H,2,5,7H2,1H3,(H,16,21)(H,17,19)(H,18,20). The normalized spacial score (nSPS) is 17.2. The second-order valence-electron chi connectivity index (χ2n) is 4.75. The lowest BCUT2D eigenvalue weighted by Gasteiger charge is -2.11. The molecule has 3 amide bonds. The van der Waals surface area contributed by atoms with Crippen LogP contribution in [-0.2, 0) is 9.59 Å². The molecule has 0 spiro atoms. The highest BCUT2D eigenvalue weighted by Crippen LogP contribution is 2.22. The first kappa shape index (κ1) is 15.3. The summed E-state index contributed by atoms with van der Waals surface area (Å²) < 4.78 is 0. The lowest BCUT2D eigenvalue weighted by atomic mass is 10.1. The van der Waals surface area contributed by atoms with Crippen LogP contribution in [0.1, 0.15) is 23.7 Å². The predicted molar refractivity (Wildman–Crippen MR) is 79.2 cm³/mol. The number of benzene rings is 1. The van der Waals surface area contributed by atoms with Gasteiger partial charge in [-0.1, -0.05) is 11.6 Å². The van der Waals surface area contributed by atoms with Gasteiger partial charge in [0.15, 0.2) is 0 Å². The van der Waals surface area contributed by atoms with Crippen molar-refractivity contribution >= 4 is 35.0 Å². The van der Waals surface area contributed by atoms with Crippen molar-refractivity contribution in [1.82, 2.24) is 10.6 Å². The zero-order valence-electron chi connectivity index (χ0n) is 11.5. The maximum atomic E-state index is 12.0. The molecule has 1 fully saturated rings. The molecule has 1 saturated heterocycles. The van der Waals surface area contributed by atoms with Gasteiger partial charge in [0.2, 0.25) is 11.8 Å². The highest BCUT2D eigenvalue weighted by Gasteiger charge is 2.28. The molecule has 1 unspecified atom stereocenters. The molecule has 2 rings (SSSR count). The van der Waals surface area contributed by atoms with Crippen LogP contribution in [0.15, 0.2) is 18.2 Å². The number of carbonyl (C=O) groups excluding carboxylic acids is 3. The van der Waals surface area contributed by atoms with E-state index in [0.717, 1.165) is 0 Å². The lowest BCUT2D eigenvalue weighted by Crippen LogP contribution is -2.25. The Morgan fingerprint density at radius 3 is 2.76 bits per heavy atom. The summed E-state index contributed by atoms with van der Waals surface area (Å²) in [5.74, 6) is -1.000. The Balaban J connectivity index is 2.04. The monoisotopic (exact) mass is 309 g/mol. The van der Waals surface area contributed by atoms with Crippen molar-refractivity contribution in [1.29, 1.82) is 0 Å². The maximum absolute atomic E-state index is 12.0. The van der Waals surface area contributed by atoms with Crippen LogP contribution >= 0.6 is 11.6 Å². The third kappa shape index (κ3) is 3.72. The molecule has 3 N–H and O–H groups in total. The first-order valence-electron chi connectivity index (χ1n) is 6.66. The summed E-state index contributed by atoms with van der Waals surface area (Å²) in [5, 5.41) is 8.22. The topological polar surface area (TPSA) is 87.3 Å². The van der Waals surface area contributed by atoms with Gasteiger partial charge in [-0.3, -0.25) is 14.4 Å². The van der Waals surface area contributed by atoms with Gasteiger partial charge in [-0.05, 0) is 25.1 Å². The molecule has 1 aromatic rings. The summed E-state index contributed by atoms with van der Waals surface area (Å²) in [6.45, 7) is 2.67. The number of nitrogens with one attached hydrogen (secondary N) is 3. The SMILES string of the molecule is CCNC(=O)c1ccc(NC(=O)C2CNC(=O)C2)cc1Cl. The molecular weight excluding hydrogens is 294 g/mol. The van der Waals surface area contributed by atoms with E-state index < -0.39 is 0 Å². The van der Waals surface area contributed by atoms with Crippen molar-refractivity contribution < 1.29 is 14.4 Å². The highest BCUT2D eigenvalue weighted by molar-refractivity contribution is 6.34. The Hall–Kier alpha value is -2.08. The first-order chi connectivity index (χ1) is 10.0. The van der Waals surface area contributed by atoms with E-state index in [4.69, 9.17) is 11.6 Å². The van der Waals surface area contributed by atoms with Gasteiger partial charge in [0, 0.05) is 25.2 Å². The molecule has 21 heavy (non-hydrogen) atoms. The molecular formula is C14H16ClN3O3. The molecule has 1 aliphatic rings. The zero-order valence-corrected chi connectivity index (χ0v) is 12.3. The van der Waals surface area contributed by atoms with Gasteiger partial charge in [0.05, 0.1) is 16.5 Å². The molecule has 1 aliphatic heterocycles. The average molecular weight is 310 g/mol. The highest BCUT2D eigenvalue weighted by atomic mass is 35.5. The Morgan fingerprint density at radius 1 is 1.43 bits per heavy atom. The molecule has 6 nitrogen and oxygen atoms in total. The second-order valence-corrected chi connectivity index (χ2v) is 5.16. The van der Waals surface area contributed by atoms with E-state index >= 15 is 0 Å². The van der Waals surface area contributed by atoms with E-state index in [2.05, 4.69) is 16.0 Å². The largest absolute Gasteiger partial charge is 0.355 e. The number of amides is 3. The lowest BCUT2D eigenvalue weighted by molar-refractivity contribution is -0.123.